The van der Waals surface area contributed by atoms with Gasteiger partial charge in [-0.25, -0.2) is 19.2 Å². The molecule has 10 heteroatoms. The molecule has 0 spiro atoms. The highest BCUT2D eigenvalue weighted by atomic mass is 35.5. The Morgan fingerprint density at radius 1 is 0.941 bits per heavy atom. The molecule has 0 aromatic carbocycles. The standard InChI is InChI=1S/C24H39Cl2F2N5O/c1-13-2-4-14(5-3-13)21-12-22(33-32-21)30-24(29-18-10-16(25)9-17(27)11-18)31-23(34)15-6-7-19(26)20(28)8-15/h13-22,32-33H,2-12H2,1H3,(H2,29,30,31,34). The van der Waals surface area contributed by atoms with Gasteiger partial charge in [0.15, 0.2) is 5.96 Å². The molecule has 34 heavy (non-hydrogen) atoms. The smallest absolute Gasteiger partial charge is 0.229 e. The van der Waals surface area contributed by atoms with E-state index in [0.29, 0.717) is 50.0 Å². The third-order valence-electron chi connectivity index (χ3n) is 8.07. The van der Waals surface area contributed by atoms with Crippen LogP contribution in [0.5, 0.6) is 0 Å². The van der Waals surface area contributed by atoms with Crippen molar-refractivity contribution >= 4 is 35.1 Å². The summed E-state index contributed by atoms with van der Waals surface area (Å²) in [4.78, 5) is 17.7. The van der Waals surface area contributed by atoms with Crippen LogP contribution in [-0.4, -0.2) is 53.2 Å². The molecule has 8 atom stereocenters. The van der Waals surface area contributed by atoms with Gasteiger partial charge in [-0.1, -0.05) is 19.8 Å². The van der Waals surface area contributed by atoms with Gasteiger partial charge in [-0.05, 0) is 63.2 Å². The van der Waals surface area contributed by atoms with Crippen molar-refractivity contribution in [2.75, 3.05) is 0 Å². The number of nitrogens with one attached hydrogen (secondary N) is 4. The van der Waals surface area contributed by atoms with E-state index in [1.54, 1.807) is 0 Å². The summed E-state index contributed by atoms with van der Waals surface area (Å²) in [5, 5.41) is 5.33. The van der Waals surface area contributed by atoms with Gasteiger partial charge in [0.25, 0.3) is 0 Å². The van der Waals surface area contributed by atoms with E-state index in [0.717, 1.165) is 12.3 Å². The van der Waals surface area contributed by atoms with Crippen LogP contribution >= 0.6 is 23.2 Å². The molecule has 0 bridgehead atoms. The van der Waals surface area contributed by atoms with E-state index < -0.39 is 23.6 Å². The van der Waals surface area contributed by atoms with Crippen LogP contribution in [0.2, 0.25) is 0 Å². The van der Waals surface area contributed by atoms with E-state index in [4.69, 9.17) is 28.2 Å². The topological polar surface area (TPSA) is 77.5 Å². The van der Waals surface area contributed by atoms with Crippen LogP contribution in [0.4, 0.5) is 8.78 Å². The molecule has 3 saturated carbocycles. The monoisotopic (exact) mass is 521 g/mol. The predicted octanol–water partition coefficient (Wildman–Crippen LogP) is 4.31. The fourth-order valence-corrected chi connectivity index (χ4v) is 6.57. The van der Waals surface area contributed by atoms with Crippen molar-refractivity contribution in [3.63, 3.8) is 0 Å². The van der Waals surface area contributed by atoms with Crippen molar-refractivity contribution in [1.82, 2.24) is 21.5 Å². The summed E-state index contributed by atoms with van der Waals surface area (Å²) in [7, 11) is 0. The third kappa shape index (κ3) is 7.17. The van der Waals surface area contributed by atoms with Crippen molar-refractivity contribution in [1.29, 1.82) is 0 Å². The molecule has 4 N–H and O–H groups in total. The molecule has 0 aromatic rings. The number of guanidine groups is 1. The van der Waals surface area contributed by atoms with Crippen LogP contribution in [0.15, 0.2) is 4.99 Å². The number of nitrogens with zero attached hydrogens (tertiary/aromatic N) is 1. The molecule has 1 saturated heterocycles. The maximum atomic E-state index is 14.1. The predicted molar refractivity (Wildman–Crippen MR) is 132 cm³/mol. The first-order chi connectivity index (χ1) is 16.3. The molecule has 0 aromatic heterocycles. The van der Waals surface area contributed by atoms with E-state index >= 15 is 0 Å². The minimum atomic E-state index is -1.19. The van der Waals surface area contributed by atoms with Crippen molar-refractivity contribution in [2.24, 2.45) is 22.7 Å². The van der Waals surface area contributed by atoms with Gasteiger partial charge in [-0.15, -0.1) is 23.2 Å². The van der Waals surface area contributed by atoms with Crippen molar-refractivity contribution in [2.45, 2.75) is 119 Å². The second-order valence-corrected chi connectivity index (χ2v) is 12.1. The number of alkyl halides is 4. The molecule has 4 fully saturated rings. The van der Waals surface area contributed by atoms with E-state index in [2.05, 4.69) is 28.4 Å². The van der Waals surface area contributed by atoms with Crippen molar-refractivity contribution < 1.29 is 13.6 Å². The highest BCUT2D eigenvalue weighted by Gasteiger charge is 2.36. The lowest BCUT2D eigenvalue weighted by molar-refractivity contribution is -0.125. The molecule has 4 rings (SSSR count). The number of hydrazine groups is 1. The highest BCUT2D eigenvalue weighted by molar-refractivity contribution is 6.21. The lowest BCUT2D eigenvalue weighted by Gasteiger charge is -2.31. The minimum Gasteiger partial charge on any atom is -0.353 e. The molecule has 1 amide bonds. The summed E-state index contributed by atoms with van der Waals surface area (Å²) in [6.07, 6.45) is 5.74. The first-order valence-electron chi connectivity index (χ1n) is 13.0. The molecule has 6 nitrogen and oxygen atoms in total. The number of halogens is 4. The van der Waals surface area contributed by atoms with Gasteiger partial charge in [0.05, 0.1) is 5.38 Å². The van der Waals surface area contributed by atoms with Gasteiger partial charge in [0, 0.05) is 29.8 Å². The average Bonchev–Trinajstić information content (AvgIpc) is 3.23. The van der Waals surface area contributed by atoms with Gasteiger partial charge < -0.3 is 5.32 Å². The Labute approximate surface area is 211 Å². The van der Waals surface area contributed by atoms with Crippen LogP contribution < -0.4 is 21.5 Å². The zero-order chi connectivity index (χ0) is 24.2. The third-order valence-corrected chi connectivity index (χ3v) is 8.91. The Bertz CT molecular complexity index is 713. The Hall–Kier alpha value is -0.700. The molecular weight excluding hydrogens is 483 g/mol. The Balaban J connectivity index is 1.40. The summed E-state index contributed by atoms with van der Waals surface area (Å²) in [5.41, 5.74) is 6.66. The van der Waals surface area contributed by atoms with E-state index in [1.807, 2.05) is 0 Å². The van der Waals surface area contributed by atoms with E-state index in [9.17, 15) is 13.6 Å². The molecule has 0 radical (unpaired) electrons. The average molecular weight is 523 g/mol. The highest BCUT2D eigenvalue weighted by Crippen LogP contribution is 2.33. The summed E-state index contributed by atoms with van der Waals surface area (Å²) in [6.45, 7) is 2.31. The lowest BCUT2D eigenvalue weighted by Crippen LogP contribution is -2.51. The fraction of sp³-hybridized carbons (Fsp3) is 0.917. The summed E-state index contributed by atoms with van der Waals surface area (Å²) in [5.74, 6) is 1.00. The molecule has 194 valence electrons. The second-order valence-electron chi connectivity index (χ2n) is 10.9. The van der Waals surface area contributed by atoms with Crippen LogP contribution in [0.25, 0.3) is 0 Å². The number of hydrogen-bond donors (Lipinski definition) is 4. The van der Waals surface area contributed by atoms with E-state index in [-0.39, 0.29) is 29.9 Å². The van der Waals surface area contributed by atoms with Crippen LogP contribution in [0.3, 0.4) is 0 Å². The number of carbonyl (C=O) groups is 1. The Kier molecular flexibility index (Phi) is 9.32. The van der Waals surface area contributed by atoms with Gasteiger partial charge >= 0.3 is 0 Å². The van der Waals surface area contributed by atoms with Crippen molar-refractivity contribution in [3.8, 4) is 0 Å². The summed E-state index contributed by atoms with van der Waals surface area (Å²) >= 11 is 12.2. The second kappa shape index (κ2) is 12.0. The number of amides is 1. The summed E-state index contributed by atoms with van der Waals surface area (Å²) in [6, 6.07) is 0.115. The lowest BCUT2D eigenvalue weighted by atomic mass is 9.79. The normalized spacial score (nSPS) is 44.0. The van der Waals surface area contributed by atoms with Gasteiger partial charge in [-0.2, -0.15) is 0 Å². The van der Waals surface area contributed by atoms with E-state index in [1.165, 1.54) is 25.7 Å². The number of rotatable bonds is 4. The fourth-order valence-electron chi connectivity index (χ4n) is 5.94. The van der Waals surface area contributed by atoms with Gasteiger partial charge in [0.1, 0.15) is 18.5 Å². The largest absolute Gasteiger partial charge is 0.353 e. The Morgan fingerprint density at radius 3 is 2.41 bits per heavy atom. The van der Waals surface area contributed by atoms with Crippen LogP contribution in [0, 0.1) is 17.8 Å². The van der Waals surface area contributed by atoms with Crippen LogP contribution in [-0.2, 0) is 4.79 Å². The quantitative estimate of drug-likeness (QED) is 0.252. The SMILES string of the molecule is CC1CCC(C2CC(/N=C(/NC(=O)C3CCC(Cl)C(F)C3)NC3CC(F)CC(Cl)C3)NN2)CC1. The van der Waals surface area contributed by atoms with Gasteiger partial charge in [0.2, 0.25) is 5.91 Å². The molecule has 1 aliphatic heterocycles. The zero-order valence-corrected chi connectivity index (χ0v) is 21.4. The van der Waals surface area contributed by atoms with Crippen LogP contribution in [0.1, 0.15) is 77.6 Å². The van der Waals surface area contributed by atoms with Gasteiger partial charge in [-0.3, -0.25) is 15.5 Å². The first-order valence-corrected chi connectivity index (χ1v) is 13.9. The molecule has 1 heterocycles. The maximum Gasteiger partial charge on any atom is 0.229 e. The first kappa shape index (κ1) is 26.4. The minimum absolute atomic E-state index is 0.110. The molecule has 4 aliphatic rings. The number of hydrogen-bond acceptors (Lipinski definition) is 4. The number of aliphatic imine (C=N–C) groups is 1. The Morgan fingerprint density at radius 2 is 1.71 bits per heavy atom. The summed E-state index contributed by atoms with van der Waals surface area (Å²) < 4.78 is 28.3. The maximum absolute atomic E-state index is 14.1. The molecular formula is C24H39Cl2F2N5O. The molecule has 8 unspecified atom stereocenters. The number of carbonyl (C=O) groups excluding carboxylic acids is 1. The molecule has 3 aliphatic carbocycles. The van der Waals surface area contributed by atoms with Crippen molar-refractivity contribution in [3.05, 3.63) is 0 Å². The zero-order valence-electron chi connectivity index (χ0n) is 19.9.